The van der Waals surface area contributed by atoms with Crippen LogP contribution in [0.1, 0.15) is 10.4 Å². The van der Waals surface area contributed by atoms with Crippen LogP contribution in [0.4, 0.5) is 0 Å². The van der Waals surface area contributed by atoms with E-state index in [1.54, 1.807) is 6.07 Å². The summed E-state index contributed by atoms with van der Waals surface area (Å²) in [4.78, 5) is 15.4. The van der Waals surface area contributed by atoms with Gasteiger partial charge in [-0.2, -0.15) is 0 Å². The number of benzene rings is 2. The van der Waals surface area contributed by atoms with E-state index < -0.39 is 35.7 Å². The van der Waals surface area contributed by atoms with Crippen molar-refractivity contribution in [2.75, 3.05) is 0 Å². The lowest BCUT2D eigenvalue weighted by Crippen LogP contribution is -2.32. The Morgan fingerprint density at radius 3 is 2.23 bits per heavy atom. The zero-order valence-corrected chi connectivity index (χ0v) is 17.4. The fraction of sp³-hybridized carbons (Fsp3) is 0. The van der Waals surface area contributed by atoms with Crippen molar-refractivity contribution in [1.29, 1.82) is 0 Å². The van der Waals surface area contributed by atoms with E-state index >= 15 is 0 Å². The lowest BCUT2D eigenvalue weighted by atomic mass is 10.2. The van der Waals surface area contributed by atoms with Crippen LogP contribution in [0.25, 0.3) is 22.4 Å². The van der Waals surface area contributed by atoms with Gasteiger partial charge in [0.15, 0.2) is 5.76 Å². The number of amides is 1. The first-order valence-corrected chi connectivity index (χ1v) is 11.8. The number of pyridine rings is 1. The molecule has 3 N–H and O–H groups in total. The smallest absolute Gasteiger partial charge is 0.266 e. The van der Waals surface area contributed by atoms with Gasteiger partial charge in [-0.1, -0.05) is 30.3 Å². The van der Waals surface area contributed by atoms with E-state index in [-0.39, 0.29) is 5.56 Å². The number of carbonyl (C=O) groups excluding carboxylic acids is 1. The molecule has 0 unspecified atom stereocenters. The maximum absolute atomic E-state index is 12.6. The molecule has 0 spiro atoms. The number of nitrogens with one attached hydrogen (secondary N) is 1. The minimum absolute atomic E-state index is 0.0449. The Bertz CT molecular complexity index is 1480. The van der Waals surface area contributed by atoms with Crippen LogP contribution >= 0.6 is 0 Å². The first-order chi connectivity index (χ1) is 14.6. The predicted octanol–water partition coefficient (Wildman–Crippen LogP) is 2.26. The molecule has 0 saturated carbocycles. The third-order valence-electron chi connectivity index (χ3n) is 4.38. The van der Waals surface area contributed by atoms with Crippen LogP contribution in [0.3, 0.4) is 0 Å². The molecule has 0 aliphatic rings. The third kappa shape index (κ3) is 4.19. The van der Waals surface area contributed by atoms with Gasteiger partial charge in [0.1, 0.15) is 21.1 Å². The molecule has 0 fully saturated rings. The van der Waals surface area contributed by atoms with Gasteiger partial charge in [-0.25, -0.2) is 26.7 Å². The molecular formula is C20H15N3O6S2. The van der Waals surface area contributed by atoms with E-state index in [0.29, 0.717) is 17.0 Å². The Labute approximate surface area is 177 Å². The predicted molar refractivity (Wildman–Crippen MR) is 112 cm³/mol. The Kier molecular flexibility index (Phi) is 5.09. The number of aromatic nitrogens is 1. The lowest BCUT2D eigenvalue weighted by Gasteiger charge is -2.10. The highest BCUT2D eigenvalue weighted by Crippen LogP contribution is 2.26. The molecule has 31 heavy (non-hydrogen) atoms. The number of primary sulfonamides is 1. The number of para-hydroxylation sites is 1. The number of fused-ring (bicyclic) bond motifs is 1. The van der Waals surface area contributed by atoms with E-state index in [0.717, 1.165) is 17.5 Å². The van der Waals surface area contributed by atoms with Crippen molar-refractivity contribution < 1.29 is 26.0 Å². The topological polar surface area (TPSA) is 149 Å². The van der Waals surface area contributed by atoms with E-state index in [4.69, 9.17) is 9.56 Å². The Morgan fingerprint density at radius 2 is 1.58 bits per heavy atom. The van der Waals surface area contributed by atoms with Crippen LogP contribution in [0.2, 0.25) is 0 Å². The largest absolute Gasteiger partial charge is 0.454 e. The van der Waals surface area contributed by atoms with Crippen LogP contribution in [-0.2, 0) is 20.0 Å². The summed E-state index contributed by atoms with van der Waals surface area (Å²) in [6, 6.07) is 16.8. The molecule has 4 rings (SSSR count). The van der Waals surface area contributed by atoms with Gasteiger partial charge in [-0.15, -0.1) is 0 Å². The van der Waals surface area contributed by atoms with Gasteiger partial charge < -0.3 is 4.42 Å². The lowest BCUT2D eigenvalue weighted by molar-refractivity contribution is 0.0981. The second-order valence-electron chi connectivity index (χ2n) is 6.51. The Hall–Kier alpha value is -3.54. The van der Waals surface area contributed by atoms with Crippen molar-refractivity contribution in [3.05, 3.63) is 78.5 Å². The van der Waals surface area contributed by atoms with Crippen LogP contribution in [0.5, 0.6) is 0 Å². The molecule has 2 aromatic carbocycles. The van der Waals surface area contributed by atoms with E-state index in [1.165, 1.54) is 30.5 Å². The first-order valence-electron chi connectivity index (χ1n) is 8.79. The second-order valence-corrected chi connectivity index (χ2v) is 9.69. The fourth-order valence-electron chi connectivity index (χ4n) is 2.93. The molecule has 2 heterocycles. The monoisotopic (exact) mass is 457 g/mol. The third-order valence-corrected chi connectivity index (χ3v) is 6.86. The van der Waals surface area contributed by atoms with Crippen LogP contribution in [-0.4, -0.2) is 27.7 Å². The fourth-order valence-corrected chi connectivity index (χ4v) is 5.28. The molecular weight excluding hydrogens is 442 g/mol. The maximum Gasteiger partial charge on any atom is 0.266 e. The van der Waals surface area contributed by atoms with Crippen LogP contribution in [0, 0.1) is 0 Å². The highest BCUT2D eigenvalue weighted by molar-refractivity contribution is 7.92. The Balaban J connectivity index is 1.59. The van der Waals surface area contributed by atoms with Crippen LogP contribution < -0.4 is 9.86 Å². The summed E-state index contributed by atoms with van der Waals surface area (Å²) < 4.78 is 56.1. The number of rotatable bonds is 5. The SMILES string of the molecule is NS(=O)(=O)c1ccccc1S(=O)(=O)NC(=O)c1ccc(-c2cc3ccccc3o2)nc1. The van der Waals surface area contributed by atoms with Crippen molar-refractivity contribution in [1.82, 2.24) is 9.71 Å². The summed E-state index contributed by atoms with van der Waals surface area (Å²) in [5.74, 6) is -0.490. The average Bonchev–Trinajstić information content (AvgIpc) is 3.17. The first kappa shape index (κ1) is 20.7. The van der Waals surface area contributed by atoms with Gasteiger partial charge in [0.05, 0.1) is 5.56 Å². The average molecular weight is 457 g/mol. The zero-order valence-electron chi connectivity index (χ0n) is 15.7. The van der Waals surface area contributed by atoms with Gasteiger partial charge in [-0.3, -0.25) is 9.78 Å². The molecule has 0 radical (unpaired) electrons. The van der Waals surface area contributed by atoms with Crippen molar-refractivity contribution >= 4 is 36.9 Å². The molecule has 4 aromatic rings. The summed E-state index contributed by atoms with van der Waals surface area (Å²) >= 11 is 0. The van der Waals surface area contributed by atoms with E-state index in [9.17, 15) is 21.6 Å². The highest BCUT2D eigenvalue weighted by Gasteiger charge is 2.26. The summed E-state index contributed by atoms with van der Waals surface area (Å²) in [5.41, 5.74) is 1.09. The number of sulfonamides is 2. The van der Waals surface area contributed by atoms with Gasteiger partial charge in [-0.05, 0) is 36.4 Å². The van der Waals surface area contributed by atoms with Gasteiger partial charge in [0.25, 0.3) is 15.9 Å². The summed E-state index contributed by atoms with van der Waals surface area (Å²) in [5, 5.41) is 5.96. The Morgan fingerprint density at radius 1 is 0.903 bits per heavy atom. The molecule has 2 aromatic heterocycles. The van der Waals surface area contributed by atoms with Crippen molar-refractivity contribution in [2.45, 2.75) is 9.79 Å². The summed E-state index contributed by atoms with van der Waals surface area (Å²) in [6.45, 7) is 0. The van der Waals surface area contributed by atoms with Crippen molar-refractivity contribution in [3.63, 3.8) is 0 Å². The molecule has 1 amide bonds. The number of hydrogen-bond acceptors (Lipinski definition) is 7. The number of furan rings is 1. The number of nitrogens with two attached hydrogens (primary N) is 1. The molecule has 0 aliphatic heterocycles. The minimum atomic E-state index is -4.51. The number of carbonyl (C=O) groups is 1. The van der Waals surface area contributed by atoms with E-state index in [1.807, 2.05) is 29.0 Å². The van der Waals surface area contributed by atoms with Gasteiger partial charge in [0.2, 0.25) is 10.0 Å². The quantitative estimate of drug-likeness (QED) is 0.467. The highest BCUT2D eigenvalue weighted by atomic mass is 32.2. The minimum Gasteiger partial charge on any atom is -0.454 e. The van der Waals surface area contributed by atoms with Gasteiger partial charge in [0, 0.05) is 11.6 Å². The summed E-state index contributed by atoms with van der Waals surface area (Å²) in [7, 11) is -8.82. The van der Waals surface area contributed by atoms with Crippen LogP contribution in [0.15, 0.2) is 87.1 Å². The molecule has 0 saturated heterocycles. The molecule has 11 heteroatoms. The number of hydrogen-bond donors (Lipinski definition) is 2. The molecule has 9 nitrogen and oxygen atoms in total. The molecule has 0 atom stereocenters. The van der Waals surface area contributed by atoms with Crippen molar-refractivity contribution in [2.24, 2.45) is 5.14 Å². The molecule has 158 valence electrons. The molecule has 0 bridgehead atoms. The normalized spacial score (nSPS) is 12.0. The number of nitrogens with zero attached hydrogens (tertiary/aromatic N) is 1. The van der Waals surface area contributed by atoms with Crippen molar-refractivity contribution in [3.8, 4) is 11.5 Å². The molecule has 0 aliphatic carbocycles. The van der Waals surface area contributed by atoms with E-state index in [2.05, 4.69) is 4.98 Å². The standard InChI is InChI=1S/C20H15N3O6S2/c21-30(25,26)18-7-3-4-8-19(18)31(27,28)23-20(24)14-9-10-15(22-12-14)17-11-13-5-1-2-6-16(13)29-17/h1-12H,(H,23,24)(H2,21,25,26). The maximum atomic E-state index is 12.6. The van der Waals surface area contributed by atoms with Gasteiger partial charge >= 0.3 is 0 Å². The second kappa shape index (κ2) is 7.61. The zero-order chi connectivity index (χ0) is 22.2. The summed E-state index contributed by atoms with van der Waals surface area (Å²) in [6.07, 6.45) is 1.19.